The molecule has 1 aromatic heterocycles. The van der Waals surface area contributed by atoms with E-state index in [4.69, 9.17) is 0 Å². The number of nitrogens with zero attached hydrogens (tertiary/aromatic N) is 4. The van der Waals surface area contributed by atoms with E-state index in [9.17, 15) is 18.5 Å². The van der Waals surface area contributed by atoms with Crippen molar-refractivity contribution in [1.29, 1.82) is 0 Å². The molecule has 0 radical (unpaired) electrons. The zero-order valence-corrected chi connectivity index (χ0v) is 22.3. The summed E-state index contributed by atoms with van der Waals surface area (Å²) in [5.41, 5.74) is 2.58. The number of rotatable bonds is 9. The van der Waals surface area contributed by atoms with Crippen molar-refractivity contribution in [2.45, 2.75) is 48.5 Å². The summed E-state index contributed by atoms with van der Waals surface area (Å²) in [6.45, 7) is 6.08. The van der Waals surface area contributed by atoms with E-state index in [1.807, 2.05) is 42.5 Å². The van der Waals surface area contributed by atoms with Crippen LogP contribution in [-0.4, -0.2) is 28.1 Å². The Bertz CT molecular complexity index is 1480. The summed E-state index contributed by atoms with van der Waals surface area (Å²) in [7, 11) is -3.81. The van der Waals surface area contributed by atoms with Crippen LogP contribution in [0.4, 0.5) is 5.69 Å². The third-order valence-corrected chi connectivity index (χ3v) is 8.10. The molecule has 0 saturated carbocycles. The molecule has 0 atom stereocenters. The molecule has 0 amide bonds. The third kappa shape index (κ3) is 6.43. The zero-order chi connectivity index (χ0) is 26.6. The average molecular weight is 538 g/mol. The van der Waals surface area contributed by atoms with Crippen LogP contribution in [0.5, 0.6) is 0 Å². The van der Waals surface area contributed by atoms with Gasteiger partial charge in [0.1, 0.15) is 0 Å². The molecule has 0 bridgehead atoms. The van der Waals surface area contributed by atoms with Crippen LogP contribution in [0, 0.1) is 10.1 Å². The van der Waals surface area contributed by atoms with Gasteiger partial charge in [-0.25, -0.2) is 13.1 Å². The van der Waals surface area contributed by atoms with E-state index < -0.39 is 14.9 Å². The highest BCUT2D eigenvalue weighted by atomic mass is 32.2. The molecule has 0 aliphatic carbocycles. The van der Waals surface area contributed by atoms with Crippen LogP contribution in [0.3, 0.4) is 0 Å². The monoisotopic (exact) mass is 537 g/mol. The molecule has 4 aromatic rings. The van der Waals surface area contributed by atoms with Gasteiger partial charge in [0.15, 0.2) is 11.0 Å². The van der Waals surface area contributed by atoms with Gasteiger partial charge in [-0.05, 0) is 40.8 Å². The van der Waals surface area contributed by atoms with E-state index in [0.29, 0.717) is 22.4 Å². The lowest BCUT2D eigenvalue weighted by atomic mass is 9.87. The van der Waals surface area contributed by atoms with Crippen molar-refractivity contribution in [2.24, 2.45) is 0 Å². The number of nitro groups is 1. The predicted molar refractivity (Wildman–Crippen MR) is 143 cm³/mol. The summed E-state index contributed by atoms with van der Waals surface area (Å²) in [6, 6.07) is 22.6. The molecule has 1 heterocycles. The van der Waals surface area contributed by atoms with E-state index in [2.05, 4.69) is 35.7 Å². The first-order valence-electron chi connectivity index (χ1n) is 11.5. The molecule has 0 saturated heterocycles. The summed E-state index contributed by atoms with van der Waals surface area (Å²) in [6.07, 6.45) is 0. The first kappa shape index (κ1) is 26.5. The van der Waals surface area contributed by atoms with Gasteiger partial charge in [-0.15, -0.1) is 10.2 Å². The molecule has 11 heteroatoms. The topological polar surface area (TPSA) is 120 Å². The van der Waals surface area contributed by atoms with Gasteiger partial charge < -0.3 is 0 Å². The lowest BCUT2D eigenvalue weighted by molar-refractivity contribution is -0.384. The van der Waals surface area contributed by atoms with E-state index in [-0.39, 0.29) is 22.5 Å². The molecular formula is C26H27N5O4S2. The van der Waals surface area contributed by atoms with E-state index in [1.54, 1.807) is 28.8 Å². The van der Waals surface area contributed by atoms with Gasteiger partial charge in [0.05, 0.1) is 16.4 Å². The molecule has 1 N–H and O–H groups in total. The van der Waals surface area contributed by atoms with Crippen LogP contribution < -0.4 is 4.72 Å². The van der Waals surface area contributed by atoms with Crippen molar-refractivity contribution >= 4 is 27.5 Å². The predicted octanol–water partition coefficient (Wildman–Crippen LogP) is 5.24. The van der Waals surface area contributed by atoms with E-state index >= 15 is 0 Å². The number of non-ortho nitro benzene ring substituents is 1. The minimum atomic E-state index is -3.81. The van der Waals surface area contributed by atoms with Crippen molar-refractivity contribution in [1.82, 2.24) is 19.5 Å². The van der Waals surface area contributed by atoms with Gasteiger partial charge in [0.2, 0.25) is 10.0 Å². The third-order valence-electron chi connectivity index (χ3n) is 5.68. The number of hydrogen-bond acceptors (Lipinski definition) is 7. The number of hydrogen-bond donors (Lipinski definition) is 1. The highest BCUT2D eigenvalue weighted by Crippen LogP contribution is 2.27. The first-order valence-corrected chi connectivity index (χ1v) is 14.0. The molecule has 192 valence electrons. The van der Waals surface area contributed by atoms with Crippen LogP contribution in [0.2, 0.25) is 0 Å². The van der Waals surface area contributed by atoms with Crippen LogP contribution in [0.25, 0.3) is 5.69 Å². The Labute approximate surface area is 220 Å². The second kappa shape index (κ2) is 10.8. The highest BCUT2D eigenvalue weighted by Gasteiger charge is 2.21. The van der Waals surface area contributed by atoms with Gasteiger partial charge in [0.25, 0.3) is 5.69 Å². The SMILES string of the molecule is CC(C)(C)c1ccc(S(=O)(=O)NCc2nnc(SCc3ccccc3)n2-c2ccc([N+](=O)[O-])cc2)cc1. The largest absolute Gasteiger partial charge is 0.273 e. The lowest BCUT2D eigenvalue weighted by Crippen LogP contribution is -2.25. The Morgan fingerprint density at radius 3 is 2.19 bits per heavy atom. The maximum absolute atomic E-state index is 13.0. The lowest BCUT2D eigenvalue weighted by Gasteiger charge is -2.19. The second-order valence-electron chi connectivity index (χ2n) is 9.38. The van der Waals surface area contributed by atoms with Crippen molar-refractivity contribution in [3.05, 3.63) is 106 Å². The fraction of sp³-hybridized carbons (Fsp3) is 0.231. The normalized spacial score (nSPS) is 12.0. The van der Waals surface area contributed by atoms with Gasteiger partial charge >= 0.3 is 0 Å². The summed E-state index contributed by atoms with van der Waals surface area (Å²) in [4.78, 5) is 10.8. The standard InChI is InChI=1S/C26H27N5O4S2/c1-26(2,3)20-9-15-23(16-10-20)37(34,35)27-17-24-28-29-25(36-18-19-7-5-4-6-8-19)30(24)21-11-13-22(14-12-21)31(32)33/h4-16,27H,17-18H2,1-3H3. The molecule has 0 spiro atoms. The van der Waals surface area contributed by atoms with Crippen LogP contribution in [-0.2, 0) is 27.7 Å². The van der Waals surface area contributed by atoms with Crippen LogP contribution in [0.1, 0.15) is 37.7 Å². The number of thioether (sulfide) groups is 1. The molecule has 9 nitrogen and oxygen atoms in total. The highest BCUT2D eigenvalue weighted by molar-refractivity contribution is 7.98. The quantitative estimate of drug-likeness (QED) is 0.176. The van der Waals surface area contributed by atoms with Crippen molar-refractivity contribution in [3.8, 4) is 5.69 Å². The number of nitrogens with one attached hydrogen (secondary N) is 1. The maximum atomic E-state index is 13.0. The number of aromatic nitrogens is 3. The number of nitro benzene ring substituents is 1. The Kier molecular flexibility index (Phi) is 7.76. The molecular weight excluding hydrogens is 510 g/mol. The van der Waals surface area contributed by atoms with Gasteiger partial charge in [-0.2, -0.15) is 0 Å². The van der Waals surface area contributed by atoms with Crippen molar-refractivity contribution < 1.29 is 13.3 Å². The summed E-state index contributed by atoms with van der Waals surface area (Å²) < 4.78 is 30.3. The number of sulfonamides is 1. The molecule has 37 heavy (non-hydrogen) atoms. The summed E-state index contributed by atoms with van der Waals surface area (Å²) >= 11 is 1.44. The van der Waals surface area contributed by atoms with Gasteiger partial charge in [-0.1, -0.05) is 75.0 Å². The number of benzene rings is 3. The Morgan fingerprint density at radius 1 is 0.946 bits per heavy atom. The average Bonchev–Trinajstić information content (AvgIpc) is 3.29. The van der Waals surface area contributed by atoms with E-state index in [1.165, 1.54) is 23.9 Å². The molecule has 0 aliphatic rings. The van der Waals surface area contributed by atoms with Gasteiger partial charge in [-0.3, -0.25) is 14.7 Å². The van der Waals surface area contributed by atoms with E-state index in [0.717, 1.165) is 11.1 Å². The van der Waals surface area contributed by atoms with Crippen molar-refractivity contribution in [2.75, 3.05) is 0 Å². The second-order valence-corrected chi connectivity index (χ2v) is 12.1. The van der Waals surface area contributed by atoms with Gasteiger partial charge in [0, 0.05) is 23.6 Å². The summed E-state index contributed by atoms with van der Waals surface area (Å²) in [5, 5.41) is 20.2. The molecule has 0 fully saturated rings. The molecule has 3 aromatic carbocycles. The Morgan fingerprint density at radius 2 is 1.59 bits per heavy atom. The molecule has 0 unspecified atom stereocenters. The Balaban J connectivity index is 1.60. The maximum Gasteiger partial charge on any atom is 0.269 e. The minimum Gasteiger partial charge on any atom is -0.273 e. The van der Waals surface area contributed by atoms with Crippen molar-refractivity contribution in [3.63, 3.8) is 0 Å². The van der Waals surface area contributed by atoms with Crippen LogP contribution >= 0.6 is 11.8 Å². The first-order chi connectivity index (χ1) is 17.5. The minimum absolute atomic E-state index is 0.0451. The summed E-state index contributed by atoms with van der Waals surface area (Å²) in [5.74, 6) is 0.983. The fourth-order valence-corrected chi connectivity index (χ4v) is 5.50. The molecule has 4 rings (SSSR count). The fourth-order valence-electron chi connectivity index (χ4n) is 3.59. The zero-order valence-electron chi connectivity index (χ0n) is 20.7. The molecule has 0 aliphatic heterocycles. The van der Waals surface area contributed by atoms with Crippen LogP contribution in [0.15, 0.2) is 88.9 Å². The Hall–Kier alpha value is -3.54. The smallest absolute Gasteiger partial charge is 0.269 e.